The Morgan fingerprint density at radius 1 is 1.15 bits per heavy atom. The van der Waals surface area contributed by atoms with Crippen molar-refractivity contribution in [2.45, 2.75) is 18.7 Å². The van der Waals surface area contributed by atoms with E-state index in [1.165, 1.54) is 33.3 Å². The second kappa shape index (κ2) is 8.04. The molecule has 0 aliphatic heterocycles. The first kappa shape index (κ1) is 20.2. The number of aryl methyl sites for hydroxylation is 1. The Labute approximate surface area is 156 Å². The monoisotopic (exact) mass is 393 g/mol. The van der Waals surface area contributed by atoms with Crippen molar-refractivity contribution in [2.24, 2.45) is 5.10 Å². The minimum atomic E-state index is -4.08. The molecule has 10 heteroatoms. The molecule has 0 aliphatic carbocycles. The van der Waals surface area contributed by atoms with Gasteiger partial charge in [-0.1, -0.05) is 6.07 Å². The van der Waals surface area contributed by atoms with Crippen LogP contribution >= 0.6 is 0 Å². The van der Waals surface area contributed by atoms with Gasteiger partial charge in [0.2, 0.25) is 0 Å². The quantitative estimate of drug-likeness (QED) is 0.439. The number of hydrogen-bond acceptors (Lipinski definition) is 7. The van der Waals surface area contributed by atoms with Crippen molar-refractivity contribution in [3.63, 3.8) is 0 Å². The van der Waals surface area contributed by atoms with Gasteiger partial charge in [0.15, 0.2) is 0 Å². The van der Waals surface area contributed by atoms with E-state index in [9.17, 15) is 18.5 Å². The highest BCUT2D eigenvalue weighted by molar-refractivity contribution is 7.89. The van der Waals surface area contributed by atoms with Crippen LogP contribution < -0.4 is 14.3 Å². The number of methoxy groups -OCH3 is 2. The van der Waals surface area contributed by atoms with Gasteiger partial charge in [0.1, 0.15) is 11.5 Å². The molecule has 2 rings (SSSR count). The molecule has 2 aromatic carbocycles. The SMILES string of the molecule is COc1ccc(/C(C)=N\NS(=O)(=O)c2ccc(C)c([N+](=O)[O-])c2)c(OC)c1. The molecule has 0 amide bonds. The van der Waals surface area contributed by atoms with Crippen molar-refractivity contribution in [1.29, 1.82) is 0 Å². The summed E-state index contributed by atoms with van der Waals surface area (Å²) in [5.74, 6) is 1.04. The van der Waals surface area contributed by atoms with Crippen molar-refractivity contribution in [2.75, 3.05) is 14.2 Å². The van der Waals surface area contributed by atoms with Gasteiger partial charge in [-0.3, -0.25) is 10.1 Å². The van der Waals surface area contributed by atoms with E-state index >= 15 is 0 Å². The van der Waals surface area contributed by atoms with E-state index in [1.807, 2.05) is 0 Å². The van der Waals surface area contributed by atoms with Gasteiger partial charge in [0.25, 0.3) is 15.7 Å². The fourth-order valence-corrected chi connectivity index (χ4v) is 3.17. The van der Waals surface area contributed by atoms with Crippen LogP contribution in [-0.2, 0) is 10.0 Å². The van der Waals surface area contributed by atoms with Crippen LogP contribution in [0.25, 0.3) is 0 Å². The molecule has 144 valence electrons. The molecule has 0 bridgehead atoms. The number of hydrazone groups is 1. The smallest absolute Gasteiger partial charge is 0.276 e. The number of nitro benzene ring substituents is 1. The molecule has 0 aliphatic rings. The van der Waals surface area contributed by atoms with Crippen molar-refractivity contribution in [3.05, 3.63) is 57.6 Å². The highest BCUT2D eigenvalue weighted by Crippen LogP contribution is 2.25. The lowest BCUT2D eigenvalue weighted by Crippen LogP contribution is -2.20. The highest BCUT2D eigenvalue weighted by Gasteiger charge is 2.19. The summed E-state index contributed by atoms with van der Waals surface area (Å²) < 4.78 is 35.2. The van der Waals surface area contributed by atoms with Crippen LogP contribution in [0.15, 0.2) is 46.4 Å². The zero-order valence-corrected chi connectivity index (χ0v) is 16.0. The third-order valence-corrected chi connectivity index (χ3v) is 5.03. The Bertz CT molecular complexity index is 1000. The Balaban J connectivity index is 2.33. The fourth-order valence-electron chi connectivity index (χ4n) is 2.29. The molecule has 0 radical (unpaired) electrons. The molecule has 0 saturated heterocycles. The molecule has 0 fully saturated rings. The van der Waals surface area contributed by atoms with E-state index in [2.05, 4.69) is 9.93 Å². The number of nitrogens with zero attached hydrogens (tertiary/aromatic N) is 2. The van der Waals surface area contributed by atoms with E-state index in [1.54, 1.807) is 25.1 Å². The predicted molar refractivity (Wildman–Crippen MR) is 99.9 cm³/mol. The molecule has 0 unspecified atom stereocenters. The second-order valence-electron chi connectivity index (χ2n) is 5.56. The first-order chi connectivity index (χ1) is 12.7. The molecule has 9 nitrogen and oxygen atoms in total. The Morgan fingerprint density at radius 2 is 1.85 bits per heavy atom. The zero-order chi connectivity index (χ0) is 20.2. The Hall–Kier alpha value is -3.14. The van der Waals surface area contributed by atoms with E-state index < -0.39 is 14.9 Å². The van der Waals surface area contributed by atoms with Crippen LogP contribution in [0, 0.1) is 17.0 Å². The summed E-state index contributed by atoms with van der Waals surface area (Å²) in [7, 11) is -1.08. The predicted octanol–water partition coefficient (Wildman–Crippen LogP) is 2.62. The molecular weight excluding hydrogens is 374 g/mol. The maximum Gasteiger partial charge on any atom is 0.276 e. The van der Waals surface area contributed by atoms with E-state index in [4.69, 9.17) is 9.47 Å². The topological polar surface area (TPSA) is 120 Å². The summed E-state index contributed by atoms with van der Waals surface area (Å²) in [6.07, 6.45) is 0. The number of nitrogens with one attached hydrogen (secondary N) is 1. The van der Waals surface area contributed by atoms with Gasteiger partial charge in [0.05, 0.1) is 29.8 Å². The summed E-state index contributed by atoms with van der Waals surface area (Å²) >= 11 is 0. The first-order valence-corrected chi connectivity index (χ1v) is 9.21. The van der Waals surface area contributed by atoms with Gasteiger partial charge in [-0.05, 0) is 32.0 Å². The normalized spacial score (nSPS) is 11.8. The van der Waals surface area contributed by atoms with Crippen LogP contribution in [0.3, 0.4) is 0 Å². The summed E-state index contributed by atoms with van der Waals surface area (Å²) in [5.41, 5.74) is 0.993. The van der Waals surface area contributed by atoms with Gasteiger partial charge in [-0.2, -0.15) is 18.4 Å². The Kier molecular flexibility index (Phi) is 6.01. The first-order valence-electron chi connectivity index (χ1n) is 7.73. The number of rotatable bonds is 7. The second-order valence-corrected chi connectivity index (χ2v) is 7.22. The molecule has 0 saturated carbocycles. The molecule has 1 N–H and O–H groups in total. The lowest BCUT2D eigenvalue weighted by atomic mass is 10.1. The summed E-state index contributed by atoms with van der Waals surface area (Å²) in [4.78, 5) is 12.2. The van der Waals surface area contributed by atoms with Crippen LogP contribution in [0.4, 0.5) is 5.69 Å². The van der Waals surface area contributed by atoms with Crippen molar-refractivity contribution < 1.29 is 22.8 Å². The van der Waals surface area contributed by atoms with Crippen molar-refractivity contribution >= 4 is 21.4 Å². The largest absolute Gasteiger partial charge is 0.497 e. The minimum absolute atomic E-state index is 0.252. The van der Waals surface area contributed by atoms with Crippen molar-refractivity contribution in [1.82, 2.24) is 4.83 Å². The molecule has 27 heavy (non-hydrogen) atoms. The van der Waals surface area contributed by atoms with Crippen LogP contribution in [-0.4, -0.2) is 33.3 Å². The van der Waals surface area contributed by atoms with Gasteiger partial charge in [0, 0.05) is 23.3 Å². The molecule has 0 atom stereocenters. The third-order valence-electron chi connectivity index (χ3n) is 3.82. The average molecular weight is 393 g/mol. The highest BCUT2D eigenvalue weighted by atomic mass is 32.2. The lowest BCUT2D eigenvalue weighted by Gasteiger charge is -2.11. The standard InChI is InChI=1S/C17H19N3O6S/c1-11-5-7-14(10-16(11)20(21)22)27(23,24)19-18-12(2)15-8-6-13(25-3)9-17(15)26-4/h5-10,19H,1-4H3/b18-12-. The average Bonchev–Trinajstić information content (AvgIpc) is 2.65. The molecular formula is C17H19N3O6S. The van der Waals surface area contributed by atoms with E-state index in [0.717, 1.165) is 6.07 Å². The van der Waals surface area contributed by atoms with Gasteiger partial charge >= 0.3 is 0 Å². The summed E-state index contributed by atoms with van der Waals surface area (Å²) in [5, 5.41) is 14.9. The van der Waals surface area contributed by atoms with E-state index in [-0.39, 0.29) is 10.6 Å². The van der Waals surface area contributed by atoms with Gasteiger partial charge in [-0.25, -0.2) is 0 Å². The molecule has 0 spiro atoms. The summed E-state index contributed by atoms with van der Waals surface area (Å²) in [6, 6.07) is 8.66. The molecule has 0 aromatic heterocycles. The number of sulfonamides is 1. The molecule has 2 aromatic rings. The maximum absolute atomic E-state index is 12.4. The van der Waals surface area contributed by atoms with Crippen LogP contribution in [0.5, 0.6) is 11.5 Å². The van der Waals surface area contributed by atoms with E-state index in [0.29, 0.717) is 28.3 Å². The maximum atomic E-state index is 12.4. The summed E-state index contributed by atoms with van der Waals surface area (Å²) in [6.45, 7) is 3.13. The number of ether oxygens (including phenoxy) is 2. The van der Waals surface area contributed by atoms with Crippen molar-refractivity contribution in [3.8, 4) is 11.5 Å². The lowest BCUT2D eigenvalue weighted by molar-refractivity contribution is -0.385. The zero-order valence-electron chi connectivity index (χ0n) is 15.2. The van der Waals surface area contributed by atoms with Gasteiger partial charge < -0.3 is 9.47 Å². The van der Waals surface area contributed by atoms with Gasteiger partial charge in [-0.15, -0.1) is 0 Å². The fraction of sp³-hybridized carbons (Fsp3) is 0.235. The number of benzene rings is 2. The number of nitro groups is 1. The van der Waals surface area contributed by atoms with Crippen LogP contribution in [0.2, 0.25) is 0 Å². The Morgan fingerprint density at radius 3 is 2.44 bits per heavy atom. The third kappa shape index (κ3) is 4.53. The minimum Gasteiger partial charge on any atom is -0.497 e. The number of hydrogen-bond donors (Lipinski definition) is 1. The molecule has 0 heterocycles. The van der Waals surface area contributed by atoms with Crippen LogP contribution in [0.1, 0.15) is 18.1 Å².